The van der Waals surface area contributed by atoms with Gasteiger partial charge in [0, 0.05) is 0 Å². The minimum Gasteiger partial charge on any atom is -0.0776 e. The second-order valence-corrected chi connectivity index (χ2v) is 13.4. The molecule has 0 heterocycles. The fourth-order valence-corrected chi connectivity index (χ4v) is 9.52. The van der Waals surface area contributed by atoms with Crippen molar-refractivity contribution in [1.82, 2.24) is 0 Å². The van der Waals surface area contributed by atoms with Crippen LogP contribution in [0.5, 0.6) is 0 Å². The van der Waals surface area contributed by atoms with Gasteiger partial charge in [-0.1, -0.05) is 68.7 Å². The van der Waals surface area contributed by atoms with Crippen molar-refractivity contribution in [3.63, 3.8) is 0 Å². The van der Waals surface area contributed by atoms with E-state index in [9.17, 15) is 0 Å². The Morgan fingerprint density at radius 1 is 0.767 bits per heavy atom. The Kier molecular flexibility index (Phi) is 7.47. The molecular formula is C30H56. The topological polar surface area (TPSA) is 0 Å². The number of hydrogen-bond acceptors (Lipinski definition) is 0. The van der Waals surface area contributed by atoms with Gasteiger partial charge in [-0.3, -0.25) is 0 Å². The molecule has 0 radical (unpaired) electrons. The van der Waals surface area contributed by atoms with Crippen LogP contribution >= 0.6 is 0 Å². The average Bonchev–Trinajstić information content (AvgIpc) is 2.98. The Morgan fingerprint density at radius 2 is 1.40 bits per heavy atom. The zero-order valence-corrected chi connectivity index (χ0v) is 21.0. The molecule has 0 amide bonds. The van der Waals surface area contributed by atoms with Crippen LogP contribution < -0.4 is 0 Å². The predicted molar refractivity (Wildman–Crippen MR) is 134 cm³/mol. The third-order valence-electron chi connectivity index (χ3n) is 12.2. The Balaban J connectivity index is 0.00000256. The van der Waals surface area contributed by atoms with Crippen molar-refractivity contribution in [3.8, 4) is 0 Å². The molecule has 10 atom stereocenters. The van der Waals surface area contributed by atoms with Crippen molar-refractivity contribution in [2.75, 3.05) is 0 Å². The molecule has 10 unspecified atom stereocenters. The highest BCUT2D eigenvalue weighted by Gasteiger charge is 2.59. The standard InChI is InChI=1S/C29H52.CH4/c1-19(2)20(3)9-8-10-23-11-14-26-25-13-12-24-21(4)15-17-28(6,22(24)5)27(25)16-18-29(23,26)7;/h19-27H,8-18H2,1-7H3;1H4. The van der Waals surface area contributed by atoms with Gasteiger partial charge in [0.2, 0.25) is 0 Å². The lowest BCUT2D eigenvalue weighted by Gasteiger charge is -2.56. The SMILES string of the molecule is C.CC(C)C(C)CCCC1CCC2C3CCC4C(C)CCC(C)(C4C)C3CCC12C. The van der Waals surface area contributed by atoms with Gasteiger partial charge in [0.05, 0.1) is 0 Å². The molecule has 0 aromatic carbocycles. The zero-order valence-electron chi connectivity index (χ0n) is 21.0. The van der Waals surface area contributed by atoms with E-state index in [2.05, 4.69) is 48.5 Å². The van der Waals surface area contributed by atoms with E-state index in [1.54, 1.807) is 38.5 Å². The zero-order chi connectivity index (χ0) is 21.0. The van der Waals surface area contributed by atoms with Crippen molar-refractivity contribution in [3.05, 3.63) is 0 Å². The summed E-state index contributed by atoms with van der Waals surface area (Å²) in [7, 11) is 0. The second kappa shape index (κ2) is 9.09. The summed E-state index contributed by atoms with van der Waals surface area (Å²) in [5, 5.41) is 0. The summed E-state index contributed by atoms with van der Waals surface area (Å²) in [5.74, 6) is 8.87. The molecule has 176 valence electrons. The van der Waals surface area contributed by atoms with Crippen LogP contribution in [0, 0.1) is 64.1 Å². The van der Waals surface area contributed by atoms with Crippen LogP contribution in [-0.2, 0) is 0 Å². The summed E-state index contributed by atoms with van der Waals surface area (Å²) < 4.78 is 0. The molecule has 0 saturated heterocycles. The maximum Gasteiger partial charge on any atom is -0.0266 e. The van der Waals surface area contributed by atoms with Gasteiger partial charge in [-0.15, -0.1) is 0 Å². The first kappa shape index (κ1) is 24.6. The Hall–Kier alpha value is 0. The van der Waals surface area contributed by atoms with E-state index in [0.29, 0.717) is 10.8 Å². The van der Waals surface area contributed by atoms with Gasteiger partial charge < -0.3 is 0 Å². The molecule has 4 saturated carbocycles. The summed E-state index contributed by atoms with van der Waals surface area (Å²) >= 11 is 0. The van der Waals surface area contributed by atoms with Crippen LogP contribution in [0.3, 0.4) is 0 Å². The molecular weight excluding hydrogens is 360 g/mol. The minimum atomic E-state index is 0. The molecule has 4 fully saturated rings. The van der Waals surface area contributed by atoms with Crippen molar-refractivity contribution in [2.45, 2.75) is 127 Å². The van der Waals surface area contributed by atoms with Crippen LogP contribution in [0.4, 0.5) is 0 Å². The second-order valence-electron chi connectivity index (χ2n) is 13.4. The summed E-state index contributed by atoms with van der Waals surface area (Å²) in [6.45, 7) is 18.0. The highest BCUT2D eigenvalue weighted by molar-refractivity contribution is 5.08. The molecule has 4 aliphatic rings. The van der Waals surface area contributed by atoms with Crippen molar-refractivity contribution < 1.29 is 0 Å². The van der Waals surface area contributed by atoms with E-state index in [1.807, 2.05) is 0 Å². The van der Waals surface area contributed by atoms with E-state index in [4.69, 9.17) is 0 Å². The van der Waals surface area contributed by atoms with E-state index in [-0.39, 0.29) is 7.43 Å². The summed E-state index contributed by atoms with van der Waals surface area (Å²) in [4.78, 5) is 0. The molecule has 0 nitrogen and oxygen atoms in total. The fraction of sp³-hybridized carbons (Fsp3) is 1.00. The van der Waals surface area contributed by atoms with E-state index in [0.717, 1.165) is 53.3 Å². The lowest BCUT2D eigenvalue weighted by molar-refractivity contribution is -0.0755. The number of hydrogen-bond donors (Lipinski definition) is 0. The number of fused-ring (bicyclic) bond motifs is 6. The van der Waals surface area contributed by atoms with Gasteiger partial charge in [0.15, 0.2) is 0 Å². The predicted octanol–water partition coefficient (Wildman–Crippen LogP) is 9.63. The summed E-state index contributed by atoms with van der Waals surface area (Å²) in [6, 6.07) is 0. The van der Waals surface area contributed by atoms with Crippen molar-refractivity contribution in [2.24, 2.45) is 64.1 Å². The molecule has 0 heteroatoms. The Morgan fingerprint density at radius 3 is 2.10 bits per heavy atom. The first-order valence-electron chi connectivity index (χ1n) is 13.7. The molecule has 0 spiro atoms. The third kappa shape index (κ3) is 3.94. The smallest absolute Gasteiger partial charge is 0.0266 e. The van der Waals surface area contributed by atoms with Crippen LogP contribution in [0.15, 0.2) is 0 Å². The van der Waals surface area contributed by atoms with Crippen LogP contribution in [0.1, 0.15) is 127 Å². The Labute approximate surface area is 190 Å². The molecule has 0 N–H and O–H groups in total. The van der Waals surface area contributed by atoms with Crippen LogP contribution in [-0.4, -0.2) is 0 Å². The monoisotopic (exact) mass is 416 g/mol. The number of rotatable bonds is 5. The van der Waals surface area contributed by atoms with Crippen molar-refractivity contribution >= 4 is 0 Å². The van der Waals surface area contributed by atoms with Gasteiger partial charge >= 0.3 is 0 Å². The van der Waals surface area contributed by atoms with Gasteiger partial charge in [0.25, 0.3) is 0 Å². The van der Waals surface area contributed by atoms with Gasteiger partial charge in [-0.2, -0.15) is 0 Å². The Bertz CT molecular complexity index is 562. The minimum absolute atomic E-state index is 0. The summed E-state index contributed by atoms with van der Waals surface area (Å²) in [5.41, 5.74) is 1.32. The molecule has 30 heavy (non-hydrogen) atoms. The molecule has 0 aromatic heterocycles. The van der Waals surface area contributed by atoms with Crippen molar-refractivity contribution in [1.29, 1.82) is 0 Å². The van der Waals surface area contributed by atoms with E-state index >= 15 is 0 Å². The maximum atomic E-state index is 2.75. The first-order valence-corrected chi connectivity index (χ1v) is 13.7. The first-order chi connectivity index (χ1) is 13.7. The molecule has 4 aliphatic carbocycles. The summed E-state index contributed by atoms with van der Waals surface area (Å²) in [6.07, 6.45) is 16.8. The molecule has 0 aromatic rings. The highest BCUT2D eigenvalue weighted by atomic mass is 14.6. The fourth-order valence-electron chi connectivity index (χ4n) is 9.52. The molecule has 0 aliphatic heterocycles. The molecule has 4 rings (SSSR count). The lowest BCUT2D eigenvalue weighted by Crippen LogP contribution is -2.49. The quantitative estimate of drug-likeness (QED) is 0.418. The average molecular weight is 417 g/mol. The normalized spacial score (nSPS) is 49.0. The molecule has 2 bridgehead atoms. The van der Waals surface area contributed by atoms with Crippen LogP contribution in [0.25, 0.3) is 0 Å². The lowest BCUT2D eigenvalue weighted by atomic mass is 9.48. The third-order valence-corrected chi connectivity index (χ3v) is 12.2. The maximum absolute atomic E-state index is 2.75. The van der Waals surface area contributed by atoms with Gasteiger partial charge in [0.1, 0.15) is 0 Å². The van der Waals surface area contributed by atoms with Crippen LogP contribution in [0.2, 0.25) is 0 Å². The van der Waals surface area contributed by atoms with E-state index in [1.165, 1.54) is 32.1 Å². The highest BCUT2D eigenvalue weighted by Crippen LogP contribution is 2.68. The van der Waals surface area contributed by atoms with Gasteiger partial charge in [-0.05, 0) is 122 Å². The largest absolute Gasteiger partial charge is 0.0776 e. The van der Waals surface area contributed by atoms with Gasteiger partial charge in [-0.25, -0.2) is 0 Å². The van der Waals surface area contributed by atoms with E-state index < -0.39 is 0 Å².